The Morgan fingerprint density at radius 2 is 1.75 bits per heavy atom. The van der Waals surface area contributed by atoms with Crippen molar-refractivity contribution in [3.63, 3.8) is 0 Å². The maximum atomic E-state index is 13.3. The van der Waals surface area contributed by atoms with Crippen molar-refractivity contribution in [1.29, 1.82) is 0 Å². The van der Waals surface area contributed by atoms with Gasteiger partial charge in [0.25, 0.3) is 0 Å². The molecule has 2 heterocycles. The first-order chi connectivity index (χ1) is 13.5. The summed E-state index contributed by atoms with van der Waals surface area (Å²) in [5.74, 6) is 0.113. The lowest BCUT2D eigenvalue weighted by molar-refractivity contribution is -0.146. The summed E-state index contributed by atoms with van der Waals surface area (Å²) in [6.45, 7) is 5.08. The second-order valence-electron chi connectivity index (χ2n) is 8.50. The molecule has 1 atom stereocenters. The standard InChI is InChI=1S/C22H29N3O3/c1-14(2)25-18-7-4-3-6-17(18)23-20(25)19-8-5-13-24(19)21(26)15-9-11-16(12-10-15)22(27)28/h3-4,6-7,14-16,19H,5,8-13H2,1-2H3,(H,27,28). The Kier molecular flexibility index (Phi) is 5.13. The minimum Gasteiger partial charge on any atom is -0.481 e. The van der Waals surface area contributed by atoms with Gasteiger partial charge in [-0.1, -0.05) is 12.1 Å². The number of carboxylic acids is 1. The minimum atomic E-state index is -0.726. The van der Waals surface area contributed by atoms with Gasteiger partial charge in [-0.3, -0.25) is 9.59 Å². The molecule has 1 aliphatic carbocycles. The number of carbonyl (C=O) groups excluding carboxylic acids is 1. The second-order valence-corrected chi connectivity index (χ2v) is 8.50. The summed E-state index contributed by atoms with van der Waals surface area (Å²) in [7, 11) is 0. The Morgan fingerprint density at radius 3 is 2.43 bits per heavy atom. The van der Waals surface area contributed by atoms with E-state index >= 15 is 0 Å². The molecule has 1 amide bonds. The number of imidazole rings is 1. The van der Waals surface area contributed by atoms with Crippen molar-refractivity contribution in [3.05, 3.63) is 30.1 Å². The van der Waals surface area contributed by atoms with Crippen molar-refractivity contribution < 1.29 is 14.7 Å². The van der Waals surface area contributed by atoms with Crippen molar-refractivity contribution in [2.45, 2.75) is 64.5 Å². The van der Waals surface area contributed by atoms with E-state index in [0.29, 0.717) is 25.7 Å². The summed E-state index contributed by atoms with van der Waals surface area (Å²) in [5.41, 5.74) is 2.10. The molecule has 0 radical (unpaired) electrons. The molecule has 1 unspecified atom stereocenters. The average molecular weight is 383 g/mol. The van der Waals surface area contributed by atoms with Crippen molar-refractivity contribution in [1.82, 2.24) is 14.5 Å². The van der Waals surface area contributed by atoms with Crippen LogP contribution >= 0.6 is 0 Å². The van der Waals surface area contributed by atoms with Crippen LogP contribution in [0.3, 0.4) is 0 Å². The SMILES string of the molecule is CC(C)n1c(C2CCCN2C(=O)C2CCC(C(=O)O)CC2)nc2ccccc21. The van der Waals surface area contributed by atoms with Gasteiger partial charge in [-0.15, -0.1) is 0 Å². The van der Waals surface area contributed by atoms with E-state index in [1.165, 1.54) is 0 Å². The third-order valence-electron chi connectivity index (χ3n) is 6.40. The largest absolute Gasteiger partial charge is 0.481 e. The van der Waals surface area contributed by atoms with Gasteiger partial charge in [-0.2, -0.15) is 0 Å². The number of carbonyl (C=O) groups is 2. The quantitative estimate of drug-likeness (QED) is 0.860. The lowest BCUT2D eigenvalue weighted by atomic mass is 9.81. The van der Waals surface area contributed by atoms with Gasteiger partial charge in [-0.25, -0.2) is 4.98 Å². The fraction of sp³-hybridized carbons (Fsp3) is 0.591. The lowest BCUT2D eigenvalue weighted by Crippen LogP contribution is -2.38. The van der Waals surface area contributed by atoms with Gasteiger partial charge in [0.1, 0.15) is 5.82 Å². The number of hydrogen-bond donors (Lipinski definition) is 1. The molecule has 1 saturated carbocycles. The van der Waals surface area contributed by atoms with Crippen LogP contribution in [-0.2, 0) is 9.59 Å². The van der Waals surface area contributed by atoms with Crippen LogP contribution in [0.25, 0.3) is 11.0 Å². The van der Waals surface area contributed by atoms with Crippen molar-refractivity contribution in [3.8, 4) is 0 Å². The summed E-state index contributed by atoms with van der Waals surface area (Å²) in [6.07, 6.45) is 4.50. The Bertz CT molecular complexity index is 880. The van der Waals surface area contributed by atoms with Crippen LogP contribution in [0.4, 0.5) is 0 Å². The smallest absolute Gasteiger partial charge is 0.306 e. The monoisotopic (exact) mass is 383 g/mol. The first-order valence-corrected chi connectivity index (χ1v) is 10.5. The molecule has 28 heavy (non-hydrogen) atoms. The molecule has 1 saturated heterocycles. The van der Waals surface area contributed by atoms with Gasteiger partial charge in [0.15, 0.2) is 0 Å². The van der Waals surface area contributed by atoms with E-state index in [1.54, 1.807) is 0 Å². The maximum Gasteiger partial charge on any atom is 0.306 e. The number of nitrogens with zero attached hydrogens (tertiary/aromatic N) is 3. The number of likely N-dealkylation sites (tertiary alicyclic amines) is 1. The molecule has 0 bridgehead atoms. The zero-order valence-corrected chi connectivity index (χ0v) is 16.7. The molecule has 2 fully saturated rings. The fourth-order valence-corrected chi connectivity index (χ4v) is 4.96. The molecule has 0 spiro atoms. The van der Waals surface area contributed by atoms with E-state index in [1.807, 2.05) is 23.1 Å². The van der Waals surface area contributed by atoms with Gasteiger partial charge in [0.05, 0.1) is 23.0 Å². The van der Waals surface area contributed by atoms with Gasteiger partial charge in [0, 0.05) is 18.5 Å². The summed E-state index contributed by atoms with van der Waals surface area (Å²) in [5, 5.41) is 9.21. The number of para-hydroxylation sites is 2. The molecular weight excluding hydrogens is 354 g/mol. The van der Waals surface area contributed by atoms with E-state index in [9.17, 15) is 14.7 Å². The van der Waals surface area contributed by atoms with E-state index in [4.69, 9.17) is 4.98 Å². The summed E-state index contributed by atoms with van der Waals surface area (Å²) < 4.78 is 2.27. The molecule has 4 rings (SSSR count). The zero-order chi connectivity index (χ0) is 19.8. The van der Waals surface area contributed by atoms with Crippen LogP contribution in [-0.4, -0.2) is 38.0 Å². The molecule has 6 heteroatoms. The maximum absolute atomic E-state index is 13.3. The molecule has 1 aliphatic heterocycles. The highest BCUT2D eigenvalue weighted by Gasteiger charge is 2.38. The van der Waals surface area contributed by atoms with Gasteiger partial charge in [-0.05, 0) is 64.5 Å². The van der Waals surface area contributed by atoms with E-state index in [2.05, 4.69) is 24.5 Å². The van der Waals surface area contributed by atoms with E-state index in [-0.39, 0.29) is 29.8 Å². The highest BCUT2D eigenvalue weighted by molar-refractivity contribution is 5.81. The Balaban J connectivity index is 1.59. The van der Waals surface area contributed by atoms with Gasteiger partial charge >= 0.3 is 5.97 Å². The fourth-order valence-electron chi connectivity index (χ4n) is 4.96. The Labute approximate surface area is 165 Å². The van der Waals surface area contributed by atoms with E-state index in [0.717, 1.165) is 36.2 Å². The molecule has 1 aromatic carbocycles. The van der Waals surface area contributed by atoms with Crippen LogP contribution in [0.1, 0.15) is 70.3 Å². The van der Waals surface area contributed by atoms with Crippen molar-refractivity contribution >= 4 is 22.9 Å². The highest BCUT2D eigenvalue weighted by atomic mass is 16.4. The predicted molar refractivity (Wildman–Crippen MR) is 107 cm³/mol. The summed E-state index contributed by atoms with van der Waals surface area (Å²) in [6, 6.07) is 8.45. The van der Waals surface area contributed by atoms with Crippen LogP contribution in [0.2, 0.25) is 0 Å². The minimum absolute atomic E-state index is 0.0134. The zero-order valence-electron chi connectivity index (χ0n) is 16.7. The number of benzene rings is 1. The van der Waals surface area contributed by atoms with Crippen molar-refractivity contribution in [2.75, 3.05) is 6.54 Å². The molecule has 2 aliphatic rings. The Morgan fingerprint density at radius 1 is 1.07 bits per heavy atom. The molecule has 150 valence electrons. The average Bonchev–Trinajstić information content (AvgIpc) is 3.31. The molecule has 2 aromatic rings. The second kappa shape index (κ2) is 7.57. The van der Waals surface area contributed by atoms with E-state index < -0.39 is 5.97 Å². The summed E-state index contributed by atoms with van der Waals surface area (Å²) >= 11 is 0. The third kappa shape index (κ3) is 3.29. The highest BCUT2D eigenvalue weighted by Crippen LogP contribution is 2.38. The number of amides is 1. The number of fused-ring (bicyclic) bond motifs is 1. The molecular formula is C22H29N3O3. The van der Waals surface area contributed by atoms with Crippen LogP contribution in [0.15, 0.2) is 24.3 Å². The number of aliphatic carboxylic acids is 1. The first kappa shape index (κ1) is 19.0. The lowest BCUT2D eigenvalue weighted by Gasteiger charge is -2.32. The normalized spacial score (nSPS) is 25.5. The van der Waals surface area contributed by atoms with Crippen LogP contribution < -0.4 is 0 Å². The summed E-state index contributed by atoms with van der Waals surface area (Å²) in [4.78, 5) is 31.4. The van der Waals surface area contributed by atoms with Gasteiger partial charge in [0.2, 0.25) is 5.91 Å². The first-order valence-electron chi connectivity index (χ1n) is 10.5. The molecule has 6 nitrogen and oxygen atoms in total. The third-order valence-corrected chi connectivity index (χ3v) is 6.40. The number of aromatic nitrogens is 2. The Hall–Kier alpha value is -2.37. The van der Waals surface area contributed by atoms with Crippen LogP contribution in [0.5, 0.6) is 0 Å². The number of rotatable bonds is 4. The number of carboxylic acid groups (broad SMARTS) is 1. The number of hydrogen-bond acceptors (Lipinski definition) is 3. The molecule has 1 N–H and O–H groups in total. The van der Waals surface area contributed by atoms with Crippen LogP contribution in [0, 0.1) is 11.8 Å². The topological polar surface area (TPSA) is 75.4 Å². The van der Waals surface area contributed by atoms with Gasteiger partial charge < -0.3 is 14.6 Å². The molecule has 1 aromatic heterocycles. The predicted octanol–water partition coefficient (Wildman–Crippen LogP) is 4.17. The van der Waals surface area contributed by atoms with Crippen molar-refractivity contribution in [2.24, 2.45) is 11.8 Å².